The van der Waals surface area contributed by atoms with Crippen molar-refractivity contribution >= 4 is 14.3 Å². The van der Waals surface area contributed by atoms with Crippen LogP contribution in [0.25, 0.3) is 0 Å². The molecular formula is C29H54O3Si. The van der Waals surface area contributed by atoms with Gasteiger partial charge in [0.15, 0.2) is 8.32 Å². The highest BCUT2D eigenvalue weighted by Gasteiger charge is 2.38. The maximum atomic E-state index is 11.5. The number of esters is 1. The Morgan fingerprint density at radius 1 is 1.00 bits per heavy atom. The molecule has 3 unspecified atom stereocenters. The third-order valence-corrected chi connectivity index (χ3v) is 12.1. The van der Waals surface area contributed by atoms with Crippen molar-refractivity contribution in [2.24, 2.45) is 11.8 Å². The van der Waals surface area contributed by atoms with E-state index in [1.165, 1.54) is 71.1 Å². The summed E-state index contributed by atoms with van der Waals surface area (Å²) < 4.78 is 12.2. The molecule has 0 N–H and O–H groups in total. The van der Waals surface area contributed by atoms with Gasteiger partial charge in [0, 0.05) is 13.5 Å². The maximum absolute atomic E-state index is 11.5. The molecule has 3 atom stereocenters. The van der Waals surface area contributed by atoms with E-state index in [2.05, 4.69) is 65.1 Å². The smallest absolute Gasteiger partial charge is 0.303 e. The average molecular weight is 479 g/mol. The van der Waals surface area contributed by atoms with Gasteiger partial charge in [-0.25, -0.2) is 0 Å². The molecule has 0 radical (unpaired) electrons. The molecule has 4 heteroatoms. The molecule has 0 heterocycles. The van der Waals surface area contributed by atoms with Crippen LogP contribution in [-0.2, 0) is 14.0 Å². The summed E-state index contributed by atoms with van der Waals surface area (Å²) in [4.78, 5) is 11.5. The van der Waals surface area contributed by atoms with Crippen LogP contribution in [0.15, 0.2) is 24.3 Å². The van der Waals surface area contributed by atoms with Crippen LogP contribution in [0, 0.1) is 11.8 Å². The molecule has 0 aliphatic heterocycles. The zero-order valence-electron chi connectivity index (χ0n) is 23.0. The summed E-state index contributed by atoms with van der Waals surface area (Å²) in [6.45, 7) is 16.3. The van der Waals surface area contributed by atoms with E-state index in [9.17, 15) is 4.79 Å². The highest BCUT2D eigenvalue weighted by atomic mass is 28.4. The first kappa shape index (κ1) is 30.2. The monoisotopic (exact) mass is 478 g/mol. The summed E-state index contributed by atoms with van der Waals surface area (Å²) in [5.74, 6) is 0.998. The van der Waals surface area contributed by atoms with E-state index in [1.807, 2.05) is 0 Å². The first-order valence-corrected chi connectivity index (χ1v) is 16.6. The number of rotatable bonds is 14. The Morgan fingerprint density at radius 2 is 1.67 bits per heavy atom. The number of allylic oxidation sites excluding steroid dienone is 3. The van der Waals surface area contributed by atoms with E-state index in [4.69, 9.17) is 9.16 Å². The summed E-state index contributed by atoms with van der Waals surface area (Å²) in [5, 5.41) is 0.257. The second-order valence-electron chi connectivity index (χ2n) is 11.6. The Hall–Kier alpha value is -0.873. The lowest BCUT2D eigenvalue weighted by Gasteiger charge is -2.38. The van der Waals surface area contributed by atoms with Crippen LogP contribution in [0.3, 0.4) is 0 Å². The van der Waals surface area contributed by atoms with E-state index in [-0.39, 0.29) is 17.1 Å². The zero-order chi connectivity index (χ0) is 24.7. The van der Waals surface area contributed by atoms with Crippen molar-refractivity contribution in [3.8, 4) is 0 Å². The lowest BCUT2D eigenvalue weighted by atomic mass is 9.88. The molecule has 0 aromatic heterocycles. The topological polar surface area (TPSA) is 35.5 Å². The van der Waals surface area contributed by atoms with Gasteiger partial charge in [-0.15, -0.1) is 0 Å². The van der Waals surface area contributed by atoms with E-state index >= 15 is 0 Å². The second kappa shape index (κ2) is 15.9. The Labute approximate surface area is 206 Å². The first-order chi connectivity index (χ1) is 15.6. The molecule has 0 aromatic rings. The van der Waals surface area contributed by atoms with Gasteiger partial charge in [0.1, 0.15) is 6.10 Å². The van der Waals surface area contributed by atoms with Gasteiger partial charge in [0.2, 0.25) is 0 Å². The average Bonchev–Trinajstić information content (AvgIpc) is 2.95. The zero-order valence-corrected chi connectivity index (χ0v) is 24.0. The van der Waals surface area contributed by atoms with Crippen molar-refractivity contribution in [2.45, 2.75) is 136 Å². The van der Waals surface area contributed by atoms with E-state index in [0.717, 1.165) is 19.4 Å². The summed E-state index contributed by atoms with van der Waals surface area (Å²) in [5.41, 5.74) is 0. The third-order valence-electron chi connectivity index (χ3n) is 7.64. The van der Waals surface area contributed by atoms with Crippen molar-refractivity contribution in [2.75, 3.05) is 6.61 Å². The number of carbonyl (C=O) groups excluding carboxylic acids is 1. The molecule has 192 valence electrons. The normalized spacial score (nSPS) is 21.4. The van der Waals surface area contributed by atoms with Crippen LogP contribution in [0.1, 0.15) is 112 Å². The van der Waals surface area contributed by atoms with E-state index in [1.54, 1.807) is 0 Å². The fourth-order valence-electron chi connectivity index (χ4n) is 4.33. The van der Waals surface area contributed by atoms with Crippen molar-refractivity contribution in [3.05, 3.63) is 24.3 Å². The van der Waals surface area contributed by atoms with Crippen molar-refractivity contribution in [1.82, 2.24) is 0 Å². The molecule has 0 spiro atoms. The molecule has 0 bridgehead atoms. The summed E-state index contributed by atoms with van der Waals surface area (Å²) in [6.07, 6.45) is 23.6. The van der Waals surface area contributed by atoms with Gasteiger partial charge < -0.3 is 9.16 Å². The SMILES string of the molecule is CCCCCCCCC(/C=C/C=C/C1CCCCCC1CO[Si](C)(C)C(C)(C)C)OC(C)=O. The van der Waals surface area contributed by atoms with Crippen molar-refractivity contribution < 1.29 is 14.0 Å². The lowest BCUT2D eigenvalue weighted by Crippen LogP contribution is -2.42. The van der Waals surface area contributed by atoms with Crippen LogP contribution < -0.4 is 0 Å². The molecule has 1 saturated carbocycles. The van der Waals surface area contributed by atoms with Gasteiger partial charge in [0.25, 0.3) is 0 Å². The van der Waals surface area contributed by atoms with Crippen LogP contribution in [0.4, 0.5) is 0 Å². The Morgan fingerprint density at radius 3 is 2.33 bits per heavy atom. The molecule has 1 aliphatic carbocycles. The summed E-state index contributed by atoms with van der Waals surface area (Å²) in [6, 6.07) is 0. The predicted octanol–water partition coefficient (Wildman–Crippen LogP) is 9.00. The van der Waals surface area contributed by atoms with Crippen LogP contribution in [-0.4, -0.2) is 27.0 Å². The van der Waals surface area contributed by atoms with Gasteiger partial charge in [-0.3, -0.25) is 4.79 Å². The van der Waals surface area contributed by atoms with Gasteiger partial charge >= 0.3 is 5.97 Å². The number of hydrogen-bond donors (Lipinski definition) is 0. The molecule has 1 fully saturated rings. The lowest BCUT2D eigenvalue weighted by molar-refractivity contribution is -0.144. The quantitative estimate of drug-likeness (QED) is 0.0821. The molecule has 1 aliphatic rings. The van der Waals surface area contributed by atoms with Crippen LogP contribution >= 0.6 is 0 Å². The fourth-order valence-corrected chi connectivity index (χ4v) is 5.40. The van der Waals surface area contributed by atoms with Gasteiger partial charge in [0.05, 0.1) is 0 Å². The maximum Gasteiger partial charge on any atom is 0.303 e. The van der Waals surface area contributed by atoms with E-state index < -0.39 is 8.32 Å². The second-order valence-corrected chi connectivity index (χ2v) is 16.4. The van der Waals surface area contributed by atoms with Gasteiger partial charge in [-0.05, 0) is 61.7 Å². The number of ether oxygens (including phenoxy) is 1. The van der Waals surface area contributed by atoms with Gasteiger partial charge in [-0.2, -0.15) is 0 Å². The molecule has 33 heavy (non-hydrogen) atoms. The van der Waals surface area contributed by atoms with Crippen LogP contribution in [0.5, 0.6) is 0 Å². The molecule has 1 rings (SSSR count). The predicted molar refractivity (Wildman–Crippen MR) is 145 cm³/mol. The van der Waals surface area contributed by atoms with Crippen molar-refractivity contribution in [1.29, 1.82) is 0 Å². The third kappa shape index (κ3) is 13.0. The number of hydrogen-bond acceptors (Lipinski definition) is 3. The Bertz CT molecular complexity index is 588. The van der Waals surface area contributed by atoms with Gasteiger partial charge in [-0.1, -0.05) is 97.3 Å². The largest absolute Gasteiger partial charge is 0.458 e. The molecule has 3 nitrogen and oxygen atoms in total. The molecule has 0 aromatic carbocycles. The minimum Gasteiger partial charge on any atom is -0.458 e. The highest BCUT2D eigenvalue weighted by Crippen LogP contribution is 2.38. The molecule has 0 amide bonds. The minimum absolute atomic E-state index is 0.106. The molecular weight excluding hydrogens is 424 g/mol. The van der Waals surface area contributed by atoms with Crippen molar-refractivity contribution in [3.63, 3.8) is 0 Å². The first-order valence-electron chi connectivity index (χ1n) is 13.7. The Balaban J connectivity index is 2.64. The standard InChI is InChI=1S/C29H54O3Si/c1-8-9-10-11-12-16-22-28(32-25(2)30)23-18-17-20-26-19-14-13-15-21-27(26)24-31-33(6,7)29(3,4)5/h17-18,20,23,26-28H,8-16,19,21-22,24H2,1-7H3/b20-17+,23-18+. The number of unbranched alkanes of at least 4 members (excludes halogenated alkanes) is 5. The molecule has 0 saturated heterocycles. The number of carbonyl (C=O) groups is 1. The van der Waals surface area contributed by atoms with E-state index in [0.29, 0.717) is 11.8 Å². The summed E-state index contributed by atoms with van der Waals surface area (Å²) in [7, 11) is -1.71. The fraction of sp³-hybridized carbons (Fsp3) is 0.828. The summed E-state index contributed by atoms with van der Waals surface area (Å²) >= 11 is 0. The minimum atomic E-state index is -1.71. The highest BCUT2D eigenvalue weighted by molar-refractivity contribution is 6.74. The van der Waals surface area contributed by atoms with Crippen LogP contribution in [0.2, 0.25) is 18.1 Å². The Kier molecular flexibility index (Phi) is 14.5.